The molecule has 0 radical (unpaired) electrons. The minimum absolute atomic E-state index is 0.489. The van der Waals surface area contributed by atoms with Crippen LogP contribution in [0, 0.1) is 18.3 Å². The van der Waals surface area contributed by atoms with Crippen LogP contribution in [0.3, 0.4) is 0 Å². The van der Waals surface area contributed by atoms with Gasteiger partial charge in [0.1, 0.15) is 12.4 Å². The van der Waals surface area contributed by atoms with E-state index in [1.165, 1.54) is 5.56 Å². The summed E-state index contributed by atoms with van der Waals surface area (Å²) >= 11 is 6.84. The highest BCUT2D eigenvalue weighted by Gasteiger charge is 2.09. The summed E-state index contributed by atoms with van der Waals surface area (Å²) in [6.07, 6.45) is 0. The van der Waals surface area contributed by atoms with Crippen LogP contribution in [0.4, 0.5) is 0 Å². The van der Waals surface area contributed by atoms with Crippen molar-refractivity contribution in [2.24, 2.45) is 0 Å². The molecular weight excluding hydrogens is 370 g/mol. The molecule has 2 aromatic rings. The second kappa shape index (κ2) is 6.23. The summed E-state index contributed by atoms with van der Waals surface area (Å²) in [5.41, 5.74) is 2.92. The molecule has 19 heavy (non-hydrogen) atoms. The number of aryl methyl sites for hydroxylation is 1. The zero-order valence-corrected chi connectivity index (χ0v) is 13.5. The molecule has 2 rings (SSSR count). The lowest BCUT2D eigenvalue weighted by atomic mass is 10.2. The third-order valence-electron chi connectivity index (χ3n) is 2.63. The van der Waals surface area contributed by atoms with Crippen LogP contribution in [0.25, 0.3) is 0 Å². The molecule has 2 aromatic carbocycles. The van der Waals surface area contributed by atoms with Gasteiger partial charge in [-0.25, -0.2) is 0 Å². The van der Waals surface area contributed by atoms with Crippen LogP contribution < -0.4 is 4.74 Å². The number of halogens is 2. The summed E-state index contributed by atoms with van der Waals surface area (Å²) in [5, 5.41) is 8.88. The van der Waals surface area contributed by atoms with Crippen molar-refractivity contribution in [1.29, 1.82) is 5.26 Å². The standard InChI is InChI=1S/C15H11Br2NO/c1-10-2-4-11(5-3-10)9-19-15-13(16)6-12(8-18)7-14(15)17/h2-7H,9H2,1H3. The Hall–Kier alpha value is -1.31. The molecule has 0 amide bonds. The van der Waals surface area contributed by atoms with Crippen LogP contribution in [0.2, 0.25) is 0 Å². The van der Waals surface area contributed by atoms with Gasteiger partial charge < -0.3 is 4.74 Å². The van der Waals surface area contributed by atoms with Gasteiger partial charge in [-0.15, -0.1) is 0 Å². The van der Waals surface area contributed by atoms with Crippen LogP contribution in [-0.4, -0.2) is 0 Å². The van der Waals surface area contributed by atoms with E-state index in [4.69, 9.17) is 10.00 Å². The molecular formula is C15H11Br2NO. The van der Waals surface area contributed by atoms with Crippen LogP contribution in [0.1, 0.15) is 16.7 Å². The van der Waals surface area contributed by atoms with Crippen LogP contribution in [-0.2, 0) is 6.61 Å². The first-order chi connectivity index (χ1) is 9.10. The summed E-state index contributed by atoms with van der Waals surface area (Å²) in [7, 11) is 0. The molecule has 0 spiro atoms. The predicted octanol–water partition coefficient (Wildman–Crippen LogP) is 4.97. The molecule has 0 saturated carbocycles. The lowest BCUT2D eigenvalue weighted by Crippen LogP contribution is -1.97. The van der Waals surface area contributed by atoms with E-state index in [1.54, 1.807) is 12.1 Å². The highest BCUT2D eigenvalue weighted by Crippen LogP contribution is 2.35. The molecule has 96 valence electrons. The van der Waals surface area contributed by atoms with Gasteiger partial charge in [0.05, 0.1) is 20.6 Å². The minimum atomic E-state index is 0.489. The fraction of sp³-hybridized carbons (Fsp3) is 0.133. The van der Waals surface area contributed by atoms with E-state index >= 15 is 0 Å². The van der Waals surface area contributed by atoms with Crippen LogP contribution >= 0.6 is 31.9 Å². The monoisotopic (exact) mass is 379 g/mol. The number of hydrogen-bond acceptors (Lipinski definition) is 2. The Morgan fingerprint density at radius 3 is 2.21 bits per heavy atom. The number of nitriles is 1. The van der Waals surface area contributed by atoms with E-state index in [-0.39, 0.29) is 0 Å². The van der Waals surface area contributed by atoms with Gasteiger partial charge in [0, 0.05) is 0 Å². The van der Waals surface area contributed by atoms with E-state index in [1.807, 2.05) is 12.1 Å². The Labute approximate surface area is 129 Å². The molecule has 2 nitrogen and oxygen atoms in total. The predicted molar refractivity (Wildman–Crippen MR) is 82.1 cm³/mol. The minimum Gasteiger partial charge on any atom is -0.487 e. The van der Waals surface area contributed by atoms with E-state index in [0.717, 1.165) is 14.5 Å². The second-order valence-corrected chi connectivity index (χ2v) is 5.86. The van der Waals surface area contributed by atoms with Gasteiger partial charge in [0.15, 0.2) is 0 Å². The topological polar surface area (TPSA) is 33.0 Å². The summed E-state index contributed by atoms with van der Waals surface area (Å²) in [4.78, 5) is 0. The number of hydrogen-bond donors (Lipinski definition) is 0. The molecule has 0 aliphatic heterocycles. The summed E-state index contributed by atoms with van der Waals surface area (Å²) in [6, 6.07) is 13.8. The first-order valence-corrected chi connectivity index (χ1v) is 7.26. The Morgan fingerprint density at radius 2 is 1.68 bits per heavy atom. The quantitative estimate of drug-likeness (QED) is 0.752. The average molecular weight is 381 g/mol. The van der Waals surface area contributed by atoms with Crippen molar-refractivity contribution in [1.82, 2.24) is 0 Å². The Balaban J connectivity index is 2.16. The van der Waals surface area contributed by atoms with Crippen molar-refractivity contribution in [3.63, 3.8) is 0 Å². The first kappa shape index (κ1) is 14.1. The SMILES string of the molecule is Cc1ccc(COc2c(Br)cc(C#N)cc2Br)cc1. The van der Waals surface area contributed by atoms with Gasteiger partial charge in [0.25, 0.3) is 0 Å². The molecule has 0 aliphatic carbocycles. The molecule has 0 unspecified atom stereocenters. The lowest BCUT2D eigenvalue weighted by Gasteiger charge is -2.11. The lowest BCUT2D eigenvalue weighted by molar-refractivity contribution is 0.302. The molecule has 0 aromatic heterocycles. The zero-order valence-electron chi connectivity index (χ0n) is 10.3. The maximum absolute atomic E-state index is 8.88. The fourth-order valence-electron chi connectivity index (χ4n) is 1.60. The van der Waals surface area contributed by atoms with Crippen molar-refractivity contribution in [2.75, 3.05) is 0 Å². The maximum atomic E-state index is 8.88. The van der Waals surface area contributed by atoms with Crippen molar-refractivity contribution < 1.29 is 4.74 Å². The van der Waals surface area contributed by atoms with E-state index in [9.17, 15) is 0 Å². The molecule has 0 fully saturated rings. The maximum Gasteiger partial charge on any atom is 0.148 e. The Bertz CT molecular complexity index is 607. The van der Waals surface area contributed by atoms with Gasteiger partial charge in [-0.05, 0) is 56.5 Å². The fourth-order valence-corrected chi connectivity index (χ4v) is 3.02. The molecule has 0 saturated heterocycles. The van der Waals surface area contributed by atoms with E-state index in [2.05, 4.69) is 57.0 Å². The molecule has 0 heterocycles. The molecule has 4 heteroatoms. The average Bonchev–Trinajstić information content (AvgIpc) is 2.39. The zero-order chi connectivity index (χ0) is 13.8. The first-order valence-electron chi connectivity index (χ1n) is 5.67. The van der Waals surface area contributed by atoms with Crippen molar-refractivity contribution in [3.8, 4) is 11.8 Å². The van der Waals surface area contributed by atoms with Gasteiger partial charge in [-0.1, -0.05) is 29.8 Å². The van der Waals surface area contributed by atoms with E-state index < -0.39 is 0 Å². The van der Waals surface area contributed by atoms with Gasteiger partial charge in [-0.2, -0.15) is 5.26 Å². The normalized spacial score (nSPS) is 10.0. The smallest absolute Gasteiger partial charge is 0.148 e. The summed E-state index contributed by atoms with van der Waals surface area (Å²) < 4.78 is 7.33. The highest BCUT2D eigenvalue weighted by atomic mass is 79.9. The van der Waals surface area contributed by atoms with Crippen LogP contribution in [0.5, 0.6) is 5.75 Å². The van der Waals surface area contributed by atoms with Crippen molar-refractivity contribution in [3.05, 3.63) is 62.0 Å². The highest BCUT2D eigenvalue weighted by molar-refractivity contribution is 9.11. The van der Waals surface area contributed by atoms with Crippen molar-refractivity contribution >= 4 is 31.9 Å². The largest absolute Gasteiger partial charge is 0.487 e. The van der Waals surface area contributed by atoms with Gasteiger partial charge >= 0.3 is 0 Å². The Morgan fingerprint density at radius 1 is 1.11 bits per heavy atom. The summed E-state index contributed by atoms with van der Waals surface area (Å²) in [6.45, 7) is 2.54. The van der Waals surface area contributed by atoms with Crippen molar-refractivity contribution in [2.45, 2.75) is 13.5 Å². The number of benzene rings is 2. The van der Waals surface area contributed by atoms with Crippen LogP contribution in [0.15, 0.2) is 45.3 Å². The second-order valence-electron chi connectivity index (χ2n) is 4.16. The number of nitrogens with zero attached hydrogens (tertiary/aromatic N) is 1. The van der Waals surface area contributed by atoms with Gasteiger partial charge in [0.2, 0.25) is 0 Å². The molecule has 0 N–H and O–H groups in total. The Kier molecular flexibility index (Phi) is 4.62. The number of rotatable bonds is 3. The summed E-state index contributed by atoms with van der Waals surface area (Å²) in [5.74, 6) is 0.708. The van der Waals surface area contributed by atoms with E-state index in [0.29, 0.717) is 17.9 Å². The molecule has 0 aliphatic rings. The van der Waals surface area contributed by atoms with Gasteiger partial charge in [-0.3, -0.25) is 0 Å². The number of ether oxygens (including phenoxy) is 1. The third-order valence-corrected chi connectivity index (χ3v) is 3.81. The third kappa shape index (κ3) is 3.59. The molecule has 0 bridgehead atoms. The molecule has 0 atom stereocenters.